The molecule has 0 aromatic carbocycles. The van der Waals surface area contributed by atoms with Crippen LogP contribution in [0.25, 0.3) is 0 Å². The molecule has 1 heterocycles. The number of rotatable bonds is 3. The average molecular weight is 247 g/mol. The normalized spacial score (nSPS) is 32.4. The maximum absolute atomic E-state index is 11.8. The lowest BCUT2D eigenvalue weighted by Gasteiger charge is -2.18. The van der Waals surface area contributed by atoms with E-state index in [9.17, 15) is 4.79 Å². The van der Waals surface area contributed by atoms with Crippen LogP contribution in [-0.4, -0.2) is 29.9 Å². The minimum absolute atomic E-state index is 0. The third-order valence-corrected chi connectivity index (χ3v) is 4.01. The van der Waals surface area contributed by atoms with Crippen molar-refractivity contribution in [3.8, 4) is 0 Å². The zero-order valence-electron chi connectivity index (χ0n) is 10.0. The molecule has 2 fully saturated rings. The number of amides is 1. The second kappa shape index (κ2) is 5.87. The van der Waals surface area contributed by atoms with Crippen molar-refractivity contribution >= 4 is 18.3 Å². The van der Waals surface area contributed by atoms with Gasteiger partial charge in [-0.2, -0.15) is 0 Å². The summed E-state index contributed by atoms with van der Waals surface area (Å²) in [6, 6.07) is 0.346. The van der Waals surface area contributed by atoms with Crippen LogP contribution in [0.4, 0.5) is 0 Å². The van der Waals surface area contributed by atoms with E-state index in [-0.39, 0.29) is 12.4 Å². The lowest BCUT2D eigenvalue weighted by atomic mass is 9.98. The summed E-state index contributed by atoms with van der Waals surface area (Å²) in [5.74, 6) is 1.64. The molecule has 0 aromatic heterocycles. The van der Waals surface area contributed by atoms with Crippen LogP contribution < -0.4 is 5.73 Å². The Morgan fingerprint density at radius 3 is 2.75 bits per heavy atom. The predicted molar refractivity (Wildman–Crippen MR) is 67.5 cm³/mol. The quantitative estimate of drug-likeness (QED) is 0.826. The molecule has 1 amide bonds. The van der Waals surface area contributed by atoms with Gasteiger partial charge in [0.05, 0.1) is 0 Å². The Morgan fingerprint density at radius 1 is 1.38 bits per heavy atom. The molecule has 2 aliphatic rings. The minimum Gasteiger partial charge on any atom is -0.342 e. The summed E-state index contributed by atoms with van der Waals surface area (Å²) < 4.78 is 0. The molecule has 16 heavy (non-hydrogen) atoms. The molecule has 3 unspecified atom stereocenters. The number of hydrogen-bond donors (Lipinski definition) is 1. The summed E-state index contributed by atoms with van der Waals surface area (Å²) in [5, 5.41) is 0. The van der Waals surface area contributed by atoms with Crippen LogP contribution in [0, 0.1) is 11.8 Å². The number of nitrogens with zero attached hydrogens (tertiary/aromatic N) is 1. The Kier molecular flexibility index (Phi) is 5.06. The highest BCUT2D eigenvalue weighted by molar-refractivity contribution is 5.85. The zero-order valence-corrected chi connectivity index (χ0v) is 10.8. The van der Waals surface area contributed by atoms with Crippen molar-refractivity contribution in [2.45, 2.75) is 45.1 Å². The van der Waals surface area contributed by atoms with Crippen LogP contribution in [0.3, 0.4) is 0 Å². The lowest BCUT2D eigenvalue weighted by molar-refractivity contribution is -0.130. The van der Waals surface area contributed by atoms with Gasteiger partial charge in [0, 0.05) is 25.6 Å². The van der Waals surface area contributed by atoms with Crippen LogP contribution in [0.2, 0.25) is 0 Å². The second-order valence-electron chi connectivity index (χ2n) is 5.07. The third kappa shape index (κ3) is 2.69. The molecular formula is C12H23ClN2O. The first kappa shape index (κ1) is 13.8. The molecule has 1 aliphatic heterocycles. The van der Waals surface area contributed by atoms with Gasteiger partial charge in [0.1, 0.15) is 0 Å². The smallest absolute Gasteiger partial charge is 0.222 e. The van der Waals surface area contributed by atoms with E-state index in [0.717, 1.165) is 38.8 Å². The first-order valence-corrected chi connectivity index (χ1v) is 6.25. The largest absolute Gasteiger partial charge is 0.342 e. The van der Waals surface area contributed by atoms with Gasteiger partial charge in [0.2, 0.25) is 5.91 Å². The topological polar surface area (TPSA) is 46.3 Å². The number of carbonyl (C=O) groups is 1. The number of halogens is 1. The Morgan fingerprint density at radius 2 is 2.12 bits per heavy atom. The summed E-state index contributed by atoms with van der Waals surface area (Å²) in [6.07, 6.45) is 5.24. The molecule has 2 N–H and O–H groups in total. The monoisotopic (exact) mass is 246 g/mol. The molecule has 1 saturated carbocycles. The number of fused-ring (bicyclic) bond motifs is 1. The number of nitrogens with two attached hydrogens (primary N) is 1. The fourth-order valence-corrected chi connectivity index (χ4v) is 3.00. The van der Waals surface area contributed by atoms with Crippen LogP contribution >= 0.6 is 12.4 Å². The van der Waals surface area contributed by atoms with E-state index in [1.165, 1.54) is 6.42 Å². The molecule has 0 aromatic rings. The molecule has 1 saturated heterocycles. The summed E-state index contributed by atoms with van der Waals surface area (Å²) in [4.78, 5) is 13.9. The van der Waals surface area contributed by atoms with E-state index in [4.69, 9.17) is 5.73 Å². The Labute approximate surface area is 104 Å². The van der Waals surface area contributed by atoms with Crippen LogP contribution in [0.15, 0.2) is 0 Å². The zero-order chi connectivity index (χ0) is 10.8. The van der Waals surface area contributed by atoms with Gasteiger partial charge in [-0.15, -0.1) is 12.4 Å². The van der Waals surface area contributed by atoms with Gasteiger partial charge in [-0.3, -0.25) is 4.79 Å². The maximum atomic E-state index is 11.8. The van der Waals surface area contributed by atoms with Gasteiger partial charge in [-0.1, -0.05) is 13.3 Å². The maximum Gasteiger partial charge on any atom is 0.222 e. The van der Waals surface area contributed by atoms with Gasteiger partial charge in [-0.05, 0) is 31.1 Å². The predicted octanol–water partition coefficient (Wildman–Crippen LogP) is 1.79. The van der Waals surface area contributed by atoms with E-state index in [0.29, 0.717) is 23.8 Å². The molecule has 3 nitrogen and oxygen atoms in total. The number of unbranched alkanes of at least 4 members (excludes halogenated alkanes) is 1. The van der Waals surface area contributed by atoms with Gasteiger partial charge in [-0.25, -0.2) is 0 Å². The second-order valence-corrected chi connectivity index (χ2v) is 5.07. The van der Waals surface area contributed by atoms with E-state index in [2.05, 4.69) is 6.92 Å². The van der Waals surface area contributed by atoms with Crippen molar-refractivity contribution in [2.75, 3.05) is 13.1 Å². The van der Waals surface area contributed by atoms with Crippen molar-refractivity contribution in [3.63, 3.8) is 0 Å². The SMILES string of the molecule is CCCCC(=O)N1CC2CCC(N)C2C1.Cl. The van der Waals surface area contributed by atoms with E-state index in [1.807, 2.05) is 4.90 Å². The molecular weight excluding hydrogens is 224 g/mol. The Balaban J connectivity index is 0.00000128. The lowest BCUT2D eigenvalue weighted by Crippen LogP contribution is -2.33. The summed E-state index contributed by atoms with van der Waals surface area (Å²) in [5.41, 5.74) is 6.04. The van der Waals surface area contributed by atoms with Gasteiger partial charge in [0.25, 0.3) is 0 Å². The van der Waals surface area contributed by atoms with E-state index >= 15 is 0 Å². The standard InChI is InChI=1S/C12H22N2O.ClH/c1-2-3-4-12(15)14-7-9-5-6-11(13)10(9)8-14;/h9-11H,2-8,13H2,1H3;1H. The van der Waals surface area contributed by atoms with Crippen molar-refractivity contribution in [3.05, 3.63) is 0 Å². The third-order valence-electron chi connectivity index (χ3n) is 4.01. The highest BCUT2D eigenvalue weighted by Crippen LogP contribution is 2.37. The number of hydrogen-bond acceptors (Lipinski definition) is 2. The van der Waals surface area contributed by atoms with E-state index in [1.54, 1.807) is 0 Å². The molecule has 2 rings (SSSR count). The fourth-order valence-electron chi connectivity index (χ4n) is 3.00. The molecule has 1 aliphatic carbocycles. The Bertz CT molecular complexity index is 247. The summed E-state index contributed by atoms with van der Waals surface area (Å²) in [6.45, 7) is 4.03. The van der Waals surface area contributed by atoms with Crippen LogP contribution in [-0.2, 0) is 4.79 Å². The highest BCUT2D eigenvalue weighted by Gasteiger charge is 2.42. The van der Waals surface area contributed by atoms with Gasteiger partial charge in [0.15, 0.2) is 0 Å². The van der Waals surface area contributed by atoms with Crippen molar-refractivity contribution in [2.24, 2.45) is 17.6 Å². The van der Waals surface area contributed by atoms with Crippen molar-refractivity contribution in [1.82, 2.24) is 4.90 Å². The van der Waals surface area contributed by atoms with Gasteiger partial charge < -0.3 is 10.6 Å². The Hall–Kier alpha value is -0.280. The average Bonchev–Trinajstić information content (AvgIpc) is 2.78. The van der Waals surface area contributed by atoms with Crippen molar-refractivity contribution in [1.29, 1.82) is 0 Å². The molecule has 4 heteroatoms. The van der Waals surface area contributed by atoms with Crippen LogP contribution in [0.1, 0.15) is 39.0 Å². The molecule has 94 valence electrons. The number of carbonyl (C=O) groups excluding carboxylic acids is 1. The first-order chi connectivity index (χ1) is 7.22. The minimum atomic E-state index is 0. The number of likely N-dealkylation sites (tertiary alicyclic amines) is 1. The van der Waals surface area contributed by atoms with Crippen LogP contribution in [0.5, 0.6) is 0 Å². The molecule has 3 atom stereocenters. The van der Waals surface area contributed by atoms with Gasteiger partial charge >= 0.3 is 0 Å². The van der Waals surface area contributed by atoms with Crippen molar-refractivity contribution < 1.29 is 4.79 Å². The molecule has 0 spiro atoms. The molecule has 0 radical (unpaired) electrons. The summed E-state index contributed by atoms with van der Waals surface area (Å²) in [7, 11) is 0. The first-order valence-electron chi connectivity index (χ1n) is 6.25. The summed E-state index contributed by atoms with van der Waals surface area (Å²) >= 11 is 0. The highest BCUT2D eigenvalue weighted by atomic mass is 35.5. The molecule has 0 bridgehead atoms. The fraction of sp³-hybridized carbons (Fsp3) is 0.917. The van der Waals surface area contributed by atoms with E-state index < -0.39 is 0 Å².